The van der Waals surface area contributed by atoms with Crippen molar-refractivity contribution in [2.75, 3.05) is 5.32 Å². The molecule has 0 saturated carbocycles. The van der Waals surface area contributed by atoms with Crippen LogP contribution in [-0.2, 0) is 6.54 Å². The van der Waals surface area contributed by atoms with Crippen LogP contribution in [-0.4, -0.2) is 4.98 Å². The van der Waals surface area contributed by atoms with Gasteiger partial charge in [0.05, 0.1) is 5.69 Å². The number of benzene rings is 2. The summed E-state index contributed by atoms with van der Waals surface area (Å²) >= 11 is 0. The van der Waals surface area contributed by atoms with E-state index in [1.807, 2.05) is 30.5 Å². The van der Waals surface area contributed by atoms with Gasteiger partial charge in [-0.05, 0) is 41.3 Å². The predicted octanol–water partition coefficient (Wildman–Crippen LogP) is 4.20. The van der Waals surface area contributed by atoms with E-state index < -0.39 is 17.5 Å². The minimum Gasteiger partial charge on any atom is -0.379 e. The average molecular weight is 276 g/mol. The first kappa shape index (κ1) is 12.6. The number of aromatic amines is 1. The molecule has 0 unspecified atom stereocenters. The first-order chi connectivity index (χ1) is 9.65. The topological polar surface area (TPSA) is 27.8 Å². The van der Waals surface area contributed by atoms with Gasteiger partial charge < -0.3 is 10.3 Å². The van der Waals surface area contributed by atoms with Gasteiger partial charge in [0.1, 0.15) is 0 Å². The molecule has 0 fully saturated rings. The number of nitrogens with one attached hydrogen (secondary N) is 2. The van der Waals surface area contributed by atoms with Crippen LogP contribution in [0, 0.1) is 17.5 Å². The van der Waals surface area contributed by atoms with Crippen molar-refractivity contribution in [1.29, 1.82) is 0 Å². The fraction of sp³-hybridized carbons (Fsp3) is 0.0667. The number of rotatable bonds is 3. The van der Waals surface area contributed by atoms with Gasteiger partial charge in [0, 0.05) is 18.3 Å². The summed E-state index contributed by atoms with van der Waals surface area (Å²) in [5.41, 5.74) is 1.87. The highest BCUT2D eigenvalue weighted by molar-refractivity contribution is 5.79. The molecule has 0 radical (unpaired) electrons. The van der Waals surface area contributed by atoms with Crippen LogP contribution >= 0.6 is 0 Å². The largest absolute Gasteiger partial charge is 0.379 e. The molecule has 1 heterocycles. The van der Waals surface area contributed by atoms with E-state index in [1.165, 1.54) is 6.07 Å². The summed E-state index contributed by atoms with van der Waals surface area (Å²) in [6.45, 7) is 0.323. The van der Waals surface area contributed by atoms with E-state index in [0.717, 1.165) is 22.5 Å². The SMILES string of the molecule is Fc1ccc(NCc2ccc3[nH]ccc3c2)c(F)c1F. The highest BCUT2D eigenvalue weighted by Crippen LogP contribution is 2.21. The Morgan fingerprint density at radius 3 is 2.65 bits per heavy atom. The molecule has 0 aliphatic rings. The van der Waals surface area contributed by atoms with E-state index in [0.29, 0.717) is 6.54 Å². The number of halogens is 3. The van der Waals surface area contributed by atoms with Crippen molar-refractivity contribution in [1.82, 2.24) is 4.98 Å². The van der Waals surface area contributed by atoms with Crippen molar-refractivity contribution >= 4 is 16.6 Å². The number of hydrogen-bond acceptors (Lipinski definition) is 1. The fourth-order valence-corrected chi connectivity index (χ4v) is 2.07. The smallest absolute Gasteiger partial charge is 0.196 e. The first-order valence-corrected chi connectivity index (χ1v) is 6.08. The van der Waals surface area contributed by atoms with E-state index in [9.17, 15) is 13.2 Å². The van der Waals surface area contributed by atoms with Gasteiger partial charge in [-0.25, -0.2) is 13.2 Å². The molecule has 0 spiro atoms. The zero-order chi connectivity index (χ0) is 14.1. The Bertz CT molecular complexity index is 765. The molecule has 2 N–H and O–H groups in total. The number of aromatic nitrogens is 1. The summed E-state index contributed by atoms with van der Waals surface area (Å²) in [4.78, 5) is 3.07. The number of H-pyrrole nitrogens is 1. The number of fused-ring (bicyclic) bond motifs is 1. The normalized spacial score (nSPS) is 10.9. The Hall–Kier alpha value is -2.43. The lowest BCUT2D eigenvalue weighted by atomic mass is 10.1. The van der Waals surface area contributed by atoms with Gasteiger partial charge >= 0.3 is 0 Å². The Kier molecular flexibility index (Phi) is 3.10. The third kappa shape index (κ3) is 2.22. The zero-order valence-electron chi connectivity index (χ0n) is 10.4. The Balaban J connectivity index is 1.80. The minimum atomic E-state index is -1.46. The van der Waals surface area contributed by atoms with Gasteiger partial charge in [-0.2, -0.15) is 0 Å². The third-order valence-corrected chi connectivity index (χ3v) is 3.14. The maximum absolute atomic E-state index is 13.5. The van der Waals surface area contributed by atoms with Crippen molar-refractivity contribution in [3.05, 3.63) is 65.6 Å². The molecule has 5 heteroatoms. The van der Waals surface area contributed by atoms with Gasteiger partial charge in [0.25, 0.3) is 0 Å². The Morgan fingerprint density at radius 2 is 1.80 bits per heavy atom. The lowest BCUT2D eigenvalue weighted by molar-refractivity contribution is 0.449. The molecule has 0 bridgehead atoms. The van der Waals surface area contributed by atoms with E-state index in [4.69, 9.17) is 0 Å². The molecule has 3 rings (SSSR count). The van der Waals surface area contributed by atoms with Crippen LogP contribution in [0.3, 0.4) is 0 Å². The Labute approximate surface area is 113 Å². The zero-order valence-corrected chi connectivity index (χ0v) is 10.4. The predicted molar refractivity (Wildman–Crippen MR) is 71.9 cm³/mol. The maximum atomic E-state index is 13.5. The standard InChI is InChI=1S/C15H11F3N2/c16-11-2-4-13(15(18)14(11)17)20-8-9-1-3-12-10(7-9)5-6-19-12/h1-7,19-20H,8H2. The summed E-state index contributed by atoms with van der Waals surface area (Å²) in [6, 6.07) is 9.74. The fourth-order valence-electron chi connectivity index (χ4n) is 2.07. The highest BCUT2D eigenvalue weighted by Gasteiger charge is 2.12. The summed E-state index contributed by atoms with van der Waals surface area (Å²) < 4.78 is 39.4. The van der Waals surface area contributed by atoms with Crippen molar-refractivity contribution in [3.63, 3.8) is 0 Å². The number of hydrogen-bond donors (Lipinski definition) is 2. The summed E-state index contributed by atoms with van der Waals surface area (Å²) in [7, 11) is 0. The second-order valence-corrected chi connectivity index (χ2v) is 4.48. The van der Waals surface area contributed by atoms with Gasteiger partial charge in [-0.3, -0.25) is 0 Å². The van der Waals surface area contributed by atoms with Crippen molar-refractivity contribution < 1.29 is 13.2 Å². The van der Waals surface area contributed by atoms with Crippen molar-refractivity contribution in [2.45, 2.75) is 6.54 Å². The molecule has 0 aliphatic heterocycles. The molecule has 0 aliphatic carbocycles. The Morgan fingerprint density at radius 1 is 0.950 bits per heavy atom. The molecule has 2 nitrogen and oxygen atoms in total. The van der Waals surface area contributed by atoms with Crippen LogP contribution < -0.4 is 5.32 Å². The van der Waals surface area contributed by atoms with Crippen LogP contribution in [0.5, 0.6) is 0 Å². The van der Waals surface area contributed by atoms with Gasteiger partial charge in [0.15, 0.2) is 17.5 Å². The van der Waals surface area contributed by atoms with E-state index in [-0.39, 0.29) is 5.69 Å². The van der Waals surface area contributed by atoms with Crippen LogP contribution in [0.15, 0.2) is 42.6 Å². The second kappa shape index (κ2) is 4.92. The first-order valence-electron chi connectivity index (χ1n) is 6.08. The number of anilines is 1. The van der Waals surface area contributed by atoms with Gasteiger partial charge in [-0.1, -0.05) is 6.07 Å². The molecular formula is C15H11F3N2. The lowest BCUT2D eigenvalue weighted by Gasteiger charge is -2.08. The molecule has 2 aromatic carbocycles. The molecular weight excluding hydrogens is 265 g/mol. The molecule has 3 aromatic rings. The molecule has 0 amide bonds. The second-order valence-electron chi connectivity index (χ2n) is 4.48. The highest BCUT2D eigenvalue weighted by atomic mass is 19.2. The molecule has 20 heavy (non-hydrogen) atoms. The monoisotopic (exact) mass is 276 g/mol. The molecule has 0 atom stereocenters. The van der Waals surface area contributed by atoms with E-state index in [2.05, 4.69) is 10.3 Å². The van der Waals surface area contributed by atoms with Gasteiger partial charge in [-0.15, -0.1) is 0 Å². The van der Waals surface area contributed by atoms with E-state index in [1.54, 1.807) is 0 Å². The molecule has 1 aromatic heterocycles. The van der Waals surface area contributed by atoms with Crippen LogP contribution in [0.1, 0.15) is 5.56 Å². The van der Waals surface area contributed by atoms with E-state index >= 15 is 0 Å². The lowest BCUT2D eigenvalue weighted by Crippen LogP contribution is -2.03. The van der Waals surface area contributed by atoms with Crippen LogP contribution in [0.4, 0.5) is 18.9 Å². The third-order valence-electron chi connectivity index (χ3n) is 3.14. The quantitative estimate of drug-likeness (QED) is 0.689. The molecule has 0 saturated heterocycles. The maximum Gasteiger partial charge on any atom is 0.196 e. The average Bonchev–Trinajstić information content (AvgIpc) is 2.91. The summed E-state index contributed by atoms with van der Waals surface area (Å²) in [5.74, 6) is -3.86. The summed E-state index contributed by atoms with van der Waals surface area (Å²) in [6.07, 6.45) is 1.83. The molecule has 102 valence electrons. The van der Waals surface area contributed by atoms with Crippen LogP contribution in [0.2, 0.25) is 0 Å². The van der Waals surface area contributed by atoms with Crippen LogP contribution in [0.25, 0.3) is 10.9 Å². The minimum absolute atomic E-state index is 0.0573. The van der Waals surface area contributed by atoms with Crippen molar-refractivity contribution in [3.8, 4) is 0 Å². The van der Waals surface area contributed by atoms with Crippen molar-refractivity contribution in [2.24, 2.45) is 0 Å². The van der Waals surface area contributed by atoms with Gasteiger partial charge in [0.2, 0.25) is 0 Å². The summed E-state index contributed by atoms with van der Waals surface area (Å²) in [5, 5.41) is 3.80.